The Labute approximate surface area is 126 Å². The van der Waals surface area contributed by atoms with Crippen molar-refractivity contribution in [1.29, 1.82) is 0 Å². The second kappa shape index (κ2) is 5.26. The summed E-state index contributed by atoms with van der Waals surface area (Å²) in [7, 11) is 1.96. The van der Waals surface area contributed by atoms with Crippen LogP contribution in [0, 0.1) is 17.0 Å². The molecule has 0 heterocycles. The van der Waals surface area contributed by atoms with Crippen molar-refractivity contribution in [1.82, 2.24) is 5.32 Å². The van der Waals surface area contributed by atoms with Crippen molar-refractivity contribution >= 4 is 15.9 Å². The lowest BCUT2D eigenvalue weighted by Crippen LogP contribution is -2.63. The van der Waals surface area contributed by atoms with E-state index in [4.69, 9.17) is 4.74 Å². The summed E-state index contributed by atoms with van der Waals surface area (Å²) in [4.78, 5) is 0. The van der Waals surface area contributed by atoms with Gasteiger partial charge in [0.1, 0.15) is 6.10 Å². The van der Waals surface area contributed by atoms with Crippen molar-refractivity contribution in [2.45, 2.75) is 44.2 Å². The molecule has 0 aromatic heterocycles. The van der Waals surface area contributed by atoms with E-state index in [1.165, 1.54) is 18.9 Å². The van der Waals surface area contributed by atoms with Gasteiger partial charge in [-0.15, -0.1) is 0 Å². The van der Waals surface area contributed by atoms with Crippen LogP contribution < -0.4 is 10.1 Å². The second-order valence-corrected chi connectivity index (χ2v) is 6.74. The van der Waals surface area contributed by atoms with Gasteiger partial charge in [-0.25, -0.2) is 4.39 Å². The summed E-state index contributed by atoms with van der Waals surface area (Å²) < 4.78 is 33.6. The van der Waals surface area contributed by atoms with Gasteiger partial charge in [-0.3, -0.25) is 0 Å². The molecular formula is C15H18BrF2NO. The van der Waals surface area contributed by atoms with Gasteiger partial charge in [-0.05, 0) is 32.0 Å². The maximum atomic E-state index is 13.8. The van der Waals surface area contributed by atoms with E-state index < -0.39 is 11.6 Å². The third-order valence-corrected chi connectivity index (χ3v) is 5.35. The van der Waals surface area contributed by atoms with Gasteiger partial charge in [0, 0.05) is 22.4 Å². The lowest BCUT2D eigenvalue weighted by atomic mass is 9.60. The van der Waals surface area contributed by atoms with Gasteiger partial charge in [0.15, 0.2) is 11.6 Å². The molecule has 1 aromatic rings. The van der Waals surface area contributed by atoms with Crippen molar-refractivity contribution in [2.24, 2.45) is 5.41 Å². The summed E-state index contributed by atoms with van der Waals surface area (Å²) in [5, 5.41) is 3.33. The molecule has 0 bridgehead atoms. The van der Waals surface area contributed by atoms with Gasteiger partial charge in [-0.2, -0.15) is 4.39 Å². The Bertz CT molecular complexity index is 517. The first-order chi connectivity index (χ1) is 9.56. The number of hydrogen-bond acceptors (Lipinski definition) is 2. The third-order valence-electron chi connectivity index (χ3n) is 4.90. The van der Waals surface area contributed by atoms with Crippen molar-refractivity contribution < 1.29 is 13.5 Å². The summed E-state index contributed by atoms with van der Waals surface area (Å²) in [6.45, 7) is 0. The van der Waals surface area contributed by atoms with E-state index in [0.717, 1.165) is 25.3 Å². The highest BCUT2D eigenvalue weighted by Crippen LogP contribution is 2.54. The highest BCUT2D eigenvalue weighted by molar-refractivity contribution is 9.10. The zero-order chi connectivity index (χ0) is 14.3. The molecule has 110 valence electrons. The Morgan fingerprint density at radius 1 is 1.30 bits per heavy atom. The predicted molar refractivity (Wildman–Crippen MR) is 76.8 cm³/mol. The minimum Gasteiger partial charge on any atom is -0.486 e. The third kappa shape index (κ3) is 2.15. The quantitative estimate of drug-likeness (QED) is 0.835. The molecule has 5 heteroatoms. The van der Waals surface area contributed by atoms with E-state index in [1.807, 2.05) is 7.05 Å². The monoisotopic (exact) mass is 345 g/mol. The fourth-order valence-corrected chi connectivity index (χ4v) is 4.20. The van der Waals surface area contributed by atoms with Crippen molar-refractivity contribution in [2.75, 3.05) is 7.05 Å². The van der Waals surface area contributed by atoms with Gasteiger partial charge in [0.05, 0.1) is 0 Å². The summed E-state index contributed by atoms with van der Waals surface area (Å²) in [6.07, 6.45) is 5.40. The maximum Gasteiger partial charge on any atom is 0.200 e. The number of rotatable bonds is 3. The van der Waals surface area contributed by atoms with Crippen LogP contribution in [0.15, 0.2) is 16.6 Å². The molecule has 2 aliphatic carbocycles. The smallest absolute Gasteiger partial charge is 0.200 e. The van der Waals surface area contributed by atoms with Gasteiger partial charge in [0.2, 0.25) is 5.82 Å². The normalized spacial score (nSPS) is 27.6. The number of benzene rings is 1. The summed E-state index contributed by atoms with van der Waals surface area (Å²) in [5.41, 5.74) is 0.0972. The van der Waals surface area contributed by atoms with Crippen LogP contribution in [0.5, 0.6) is 5.75 Å². The first-order valence-corrected chi connectivity index (χ1v) is 7.84. The average Bonchev–Trinajstić information content (AvgIpc) is 2.91. The fourth-order valence-electron chi connectivity index (χ4n) is 3.79. The van der Waals surface area contributed by atoms with Crippen LogP contribution >= 0.6 is 15.9 Å². The highest BCUT2D eigenvalue weighted by atomic mass is 79.9. The molecule has 2 nitrogen and oxygen atoms in total. The summed E-state index contributed by atoms with van der Waals surface area (Å²) in [6, 6.07) is 3.05. The molecule has 0 aliphatic heterocycles. The van der Waals surface area contributed by atoms with E-state index in [-0.39, 0.29) is 17.3 Å². The lowest BCUT2D eigenvalue weighted by Gasteiger charge is -2.53. The molecule has 0 radical (unpaired) electrons. The van der Waals surface area contributed by atoms with Crippen LogP contribution in [-0.4, -0.2) is 19.2 Å². The van der Waals surface area contributed by atoms with E-state index in [9.17, 15) is 8.78 Å². The van der Waals surface area contributed by atoms with Gasteiger partial charge in [0.25, 0.3) is 0 Å². The van der Waals surface area contributed by atoms with Crippen molar-refractivity contribution in [3.63, 3.8) is 0 Å². The molecule has 2 atom stereocenters. The Hall–Kier alpha value is -0.680. The molecule has 0 amide bonds. The van der Waals surface area contributed by atoms with Crippen LogP contribution in [0.4, 0.5) is 8.78 Å². The van der Waals surface area contributed by atoms with E-state index in [1.54, 1.807) is 0 Å². The second-order valence-electron chi connectivity index (χ2n) is 5.82. The molecule has 1 N–H and O–H groups in total. The fraction of sp³-hybridized carbons (Fsp3) is 0.600. The topological polar surface area (TPSA) is 21.3 Å². The van der Waals surface area contributed by atoms with Crippen molar-refractivity contribution in [3.8, 4) is 5.75 Å². The number of halogens is 3. The lowest BCUT2D eigenvalue weighted by molar-refractivity contribution is -0.0753. The Morgan fingerprint density at radius 2 is 2.00 bits per heavy atom. The first-order valence-electron chi connectivity index (χ1n) is 7.05. The molecule has 1 spiro atoms. The first kappa shape index (κ1) is 14.3. The summed E-state index contributed by atoms with van der Waals surface area (Å²) in [5.74, 6) is -1.75. The Balaban J connectivity index is 1.82. The standard InChI is InChI=1S/C15H18BrF2NO/c1-19-12-8-13(15(12)4-2-3-5-15)20-11-7-9(16)6-10(17)14(11)18/h6-7,12-13,19H,2-5,8H2,1H3. The van der Waals surface area contributed by atoms with Crippen LogP contribution in [0.3, 0.4) is 0 Å². The zero-order valence-corrected chi connectivity index (χ0v) is 13.0. The Kier molecular flexibility index (Phi) is 3.75. The SMILES string of the molecule is CNC1CC(Oc2cc(Br)cc(F)c2F)C12CCCC2. The minimum atomic E-state index is -0.894. The molecular weight excluding hydrogens is 328 g/mol. The molecule has 2 unspecified atom stereocenters. The van der Waals surface area contributed by atoms with Crippen molar-refractivity contribution in [3.05, 3.63) is 28.2 Å². The van der Waals surface area contributed by atoms with Crippen LogP contribution in [0.25, 0.3) is 0 Å². The molecule has 2 aliphatic rings. The molecule has 0 saturated heterocycles. The number of hydrogen-bond donors (Lipinski definition) is 1. The van der Waals surface area contributed by atoms with Crippen LogP contribution in [0.1, 0.15) is 32.1 Å². The van der Waals surface area contributed by atoms with Crippen LogP contribution in [0.2, 0.25) is 0 Å². The number of nitrogens with one attached hydrogen (secondary N) is 1. The number of ether oxygens (including phenoxy) is 1. The Morgan fingerprint density at radius 3 is 2.65 bits per heavy atom. The van der Waals surface area contributed by atoms with Gasteiger partial charge in [-0.1, -0.05) is 28.8 Å². The molecule has 1 aromatic carbocycles. The van der Waals surface area contributed by atoms with E-state index >= 15 is 0 Å². The molecule has 2 saturated carbocycles. The average molecular weight is 346 g/mol. The highest BCUT2D eigenvalue weighted by Gasteiger charge is 2.57. The molecule has 2 fully saturated rings. The minimum absolute atomic E-state index is 0.0164. The predicted octanol–water partition coefficient (Wildman–Crippen LogP) is 4.03. The zero-order valence-electron chi connectivity index (χ0n) is 11.4. The van der Waals surface area contributed by atoms with Gasteiger partial charge < -0.3 is 10.1 Å². The molecule has 3 rings (SSSR count). The summed E-state index contributed by atoms with van der Waals surface area (Å²) >= 11 is 3.18. The van der Waals surface area contributed by atoms with Crippen LogP contribution in [-0.2, 0) is 0 Å². The molecule has 20 heavy (non-hydrogen) atoms. The van der Waals surface area contributed by atoms with E-state index in [2.05, 4.69) is 21.2 Å². The largest absolute Gasteiger partial charge is 0.486 e. The van der Waals surface area contributed by atoms with E-state index in [0.29, 0.717) is 10.5 Å². The maximum absolute atomic E-state index is 13.8. The van der Waals surface area contributed by atoms with Gasteiger partial charge >= 0.3 is 0 Å².